The topological polar surface area (TPSA) is 80.9 Å². The van der Waals surface area contributed by atoms with E-state index < -0.39 is 0 Å². The fourth-order valence-corrected chi connectivity index (χ4v) is 2.26. The molecule has 0 aromatic carbocycles. The highest BCUT2D eigenvalue weighted by molar-refractivity contribution is 9.10. The largest absolute Gasteiger partial charge is 0.384 e. The van der Waals surface area contributed by atoms with Crippen molar-refractivity contribution in [2.45, 2.75) is 6.92 Å². The van der Waals surface area contributed by atoms with Crippen molar-refractivity contribution in [3.8, 4) is 0 Å². The van der Waals surface area contributed by atoms with Crippen LogP contribution in [0.5, 0.6) is 0 Å². The number of aryl methyl sites for hydroxylation is 1. The van der Waals surface area contributed by atoms with Crippen molar-refractivity contribution in [3.63, 3.8) is 0 Å². The summed E-state index contributed by atoms with van der Waals surface area (Å²) in [5, 5.41) is 3.27. The van der Waals surface area contributed by atoms with Crippen LogP contribution in [0.15, 0.2) is 22.9 Å². The number of nitrogens with two attached hydrogens (primary N) is 1. The molecule has 1 amide bonds. The summed E-state index contributed by atoms with van der Waals surface area (Å²) in [5.74, 6) is 0.0361. The van der Waals surface area contributed by atoms with Gasteiger partial charge in [-0.3, -0.25) is 10.1 Å². The molecule has 2 heterocycles. The molecule has 2 aromatic rings. The number of amides is 1. The molecule has 7 heteroatoms. The molecule has 17 heavy (non-hydrogen) atoms. The van der Waals surface area contributed by atoms with Gasteiger partial charge in [0.05, 0.1) is 5.56 Å². The lowest BCUT2D eigenvalue weighted by Gasteiger charge is -2.04. The molecule has 0 saturated heterocycles. The number of rotatable bonds is 2. The number of anilines is 2. The summed E-state index contributed by atoms with van der Waals surface area (Å²) in [4.78, 5) is 20.9. The van der Waals surface area contributed by atoms with Gasteiger partial charge in [-0.2, -0.15) is 0 Å². The van der Waals surface area contributed by atoms with E-state index in [0.717, 1.165) is 4.88 Å². The van der Waals surface area contributed by atoms with Crippen LogP contribution in [0.2, 0.25) is 0 Å². The molecule has 0 bridgehead atoms. The fraction of sp³-hybridized carbons (Fsp3) is 0.100. The van der Waals surface area contributed by atoms with Gasteiger partial charge in [0.1, 0.15) is 5.82 Å². The van der Waals surface area contributed by atoms with Crippen LogP contribution in [0, 0.1) is 6.92 Å². The van der Waals surface area contributed by atoms with Crippen molar-refractivity contribution in [2.24, 2.45) is 0 Å². The molecule has 0 aliphatic heterocycles. The Hall–Kier alpha value is -1.47. The number of carbonyl (C=O) groups excluding carboxylic acids is 1. The maximum Gasteiger partial charge on any atom is 0.258 e. The summed E-state index contributed by atoms with van der Waals surface area (Å²) in [5.41, 5.74) is 5.97. The van der Waals surface area contributed by atoms with Crippen LogP contribution in [0.1, 0.15) is 15.2 Å². The van der Waals surface area contributed by atoms with Gasteiger partial charge in [-0.05, 0) is 28.9 Å². The molecule has 0 spiro atoms. The van der Waals surface area contributed by atoms with Crippen molar-refractivity contribution in [2.75, 3.05) is 11.1 Å². The molecule has 0 saturated carbocycles. The lowest BCUT2D eigenvalue weighted by atomic mass is 10.2. The molecule has 5 nitrogen and oxygen atoms in total. The first kappa shape index (κ1) is 12.0. The van der Waals surface area contributed by atoms with E-state index in [1.165, 1.54) is 23.6 Å². The van der Waals surface area contributed by atoms with E-state index in [2.05, 4.69) is 31.2 Å². The highest BCUT2D eigenvalue weighted by Crippen LogP contribution is 2.21. The Morgan fingerprint density at radius 3 is 2.88 bits per heavy atom. The number of nitrogen functional groups attached to an aromatic ring is 1. The summed E-state index contributed by atoms with van der Waals surface area (Å²) < 4.78 is 0.595. The van der Waals surface area contributed by atoms with Crippen LogP contribution < -0.4 is 11.1 Å². The number of pyridine rings is 1. The second-order valence-electron chi connectivity index (χ2n) is 3.32. The average molecular weight is 313 g/mol. The van der Waals surface area contributed by atoms with Crippen molar-refractivity contribution in [1.82, 2.24) is 9.97 Å². The van der Waals surface area contributed by atoms with Crippen LogP contribution >= 0.6 is 27.3 Å². The van der Waals surface area contributed by atoms with Crippen LogP contribution in [0.25, 0.3) is 0 Å². The fourth-order valence-electron chi connectivity index (χ4n) is 1.21. The van der Waals surface area contributed by atoms with Gasteiger partial charge in [0.25, 0.3) is 5.91 Å². The lowest BCUT2D eigenvalue weighted by molar-refractivity contribution is 0.102. The van der Waals surface area contributed by atoms with E-state index >= 15 is 0 Å². The Labute approximate surface area is 110 Å². The molecular formula is C10H9BrN4OS. The van der Waals surface area contributed by atoms with Gasteiger partial charge in [0.15, 0.2) is 5.13 Å². The number of nitrogens with one attached hydrogen (secondary N) is 1. The zero-order chi connectivity index (χ0) is 12.4. The van der Waals surface area contributed by atoms with Gasteiger partial charge in [-0.15, -0.1) is 11.3 Å². The zero-order valence-corrected chi connectivity index (χ0v) is 11.3. The average Bonchev–Trinajstić information content (AvgIpc) is 2.67. The quantitative estimate of drug-likeness (QED) is 0.892. The highest BCUT2D eigenvalue weighted by Gasteiger charge is 2.12. The molecule has 88 valence electrons. The monoisotopic (exact) mass is 312 g/mol. The van der Waals surface area contributed by atoms with E-state index in [9.17, 15) is 4.79 Å². The van der Waals surface area contributed by atoms with E-state index in [-0.39, 0.29) is 5.91 Å². The SMILES string of the molecule is Cc1cnc(NC(=O)c2cc(N)ncc2Br)s1. The first-order valence-corrected chi connectivity index (χ1v) is 6.32. The predicted octanol–water partition coefficient (Wildman–Crippen LogP) is 2.44. The summed E-state index contributed by atoms with van der Waals surface area (Å²) in [6.45, 7) is 1.92. The number of thiazole rings is 1. The van der Waals surface area contributed by atoms with Crippen LogP contribution in [0.4, 0.5) is 10.9 Å². The first-order chi connectivity index (χ1) is 8.06. The van der Waals surface area contributed by atoms with Crippen LogP contribution in [-0.4, -0.2) is 15.9 Å². The number of nitrogens with zero attached hydrogens (tertiary/aromatic N) is 2. The van der Waals surface area contributed by atoms with Crippen LogP contribution in [0.3, 0.4) is 0 Å². The second kappa shape index (κ2) is 4.80. The van der Waals surface area contributed by atoms with Gasteiger partial charge in [0, 0.05) is 21.7 Å². The Bertz CT molecular complexity index is 569. The minimum absolute atomic E-state index is 0.264. The van der Waals surface area contributed by atoms with Gasteiger partial charge < -0.3 is 5.73 Å². The van der Waals surface area contributed by atoms with Crippen molar-refractivity contribution in [3.05, 3.63) is 33.4 Å². The number of hydrogen-bond donors (Lipinski definition) is 2. The molecule has 0 aliphatic carbocycles. The molecule has 3 N–H and O–H groups in total. The predicted molar refractivity (Wildman–Crippen MR) is 71.2 cm³/mol. The molecule has 2 rings (SSSR count). The molecule has 2 aromatic heterocycles. The standard InChI is InChI=1S/C10H9BrN4OS/c1-5-3-14-10(17-5)15-9(16)6-2-8(12)13-4-7(6)11/h2-4H,1H3,(H2,12,13)(H,14,15,16). The number of halogens is 1. The van der Waals surface area contributed by atoms with Gasteiger partial charge in [-0.1, -0.05) is 0 Å². The lowest BCUT2D eigenvalue weighted by Crippen LogP contribution is -2.13. The minimum atomic E-state index is -0.264. The second-order valence-corrected chi connectivity index (χ2v) is 5.41. The molecule has 0 aliphatic rings. The zero-order valence-electron chi connectivity index (χ0n) is 8.90. The summed E-state index contributed by atoms with van der Waals surface area (Å²) in [6, 6.07) is 1.51. The maximum atomic E-state index is 11.9. The highest BCUT2D eigenvalue weighted by atomic mass is 79.9. The van der Waals surface area contributed by atoms with Crippen molar-refractivity contribution in [1.29, 1.82) is 0 Å². The van der Waals surface area contributed by atoms with Crippen molar-refractivity contribution < 1.29 is 4.79 Å². The maximum absolute atomic E-state index is 11.9. The Balaban J connectivity index is 2.22. The normalized spacial score (nSPS) is 10.2. The smallest absolute Gasteiger partial charge is 0.258 e. The van der Waals surface area contributed by atoms with E-state index in [4.69, 9.17) is 5.73 Å². The third kappa shape index (κ3) is 2.80. The summed E-state index contributed by atoms with van der Waals surface area (Å²) >= 11 is 4.67. The third-order valence-corrected chi connectivity index (χ3v) is 3.42. The molecule has 0 atom stereocenters. The number of aromatic nitrogens is 2. The van der Waals surface area contributed by atoms with Crippen molar-refractivity contribution >= 4 is 44.1 Å². The third-order valence-electron chi connectivity index (χ3n) is 1.96. The molecular weight excluding hydrogens is 304 g/mol. The van der Waals surface area contributed by atoms with Gasteiger partial charge in [-0.25, -0.2) is 9.97 Å². The van der Waals surface area contributed by atoms with E-state index in [1.54, 1.807) is 6.20 Å². The Morgan fingerprint density at radius 2 is 2.24 bits per heavy atom. The first-order valence-electron chi connectivity index (χ1n) is 4.71. The molecule has 0 fully saturated rings. The minimum Gasteiger partial charge on any atom is -0.384 e. The molecule has 0 radical (unpaired) electrons. The molecule has 0 unspecified atom stereocenters. The Kier molecular flexibility index (Phi) is 3.39. The number of hydrogen-bond acceptors (Lipinski definition) is 5. The van der Waals surface area contributed by atoms with Crippen LogP contribution in [-0.2, 0) is 0 Å². The Morgan fingerprint density at radius 1 is 1.47 bits per heavy atom. The van der Waals surface area contributed by atoms with E-state index in [1.807, 2.05) is 6.92 Å². The van der Waals surface area contributed by atoms with Gasteiger partial charge in [0.2, 0.25) is 0 Å². The summed E-state index contributed by atoms with van der Waals surface area (Å²) in [7, 11) is 0. The van der Waals surface area contributed by atoms with Gasteiger partial charge >= 0.3 is 0 Å². The number of carbonyl (C=O) groups is 1. The summed E-state index contributed by atoms with van der Waals surface area (Å²) in [6.07, 6.45) is 3.20. The van der Waals surface area contributed by atoms with E-state index in [0.29, 0.717) is 21.0 Å².